The SMILES string of the molecule is COC(=O)C1CCCC(C(C)(C)C(=O)NCc2nccnc2Cl)C1. The quantitative estimate of drug-likeness (QED) is 0.823. The van der Waals surface area contributed by atoms with Crippen LogP contribution in [0.1, 0.15) is 45.2 Å². The number of carbonyl (C=O) groups excluding carboxylic acids is 2. The molecule has 1 aromatic heterocycles. The van der Waals surface area contributed by atoms with E-state index < -0.39 is 5.41 Å². The van der Waals surface area contributed by atoms with Gasteiger partial charge < -0.3 is 10.1 Å². The molecule has 1 aromatic rings. The van der Waals surface area contributed by atoms with Gasteiger partial charge in [0.2, 0.25) is 5.91 Å². The first kappa shape index (κ1) is 18.6. The van der Waals surface area contributed by atoms with Crippen LogP contribution in [-0.2, 0) is 20.9 Å². The summed E-state index contributed by atoms with van der Waals surface area (Å²) < 4.78 is 4.86. The summed E-state index contributed by atoms with van der Waals surface area (Å²) in [6.07, 6.45) is 6.42. The summed E-state index contributed by atoms with van der Waals surface area (Å²) in [5.41, 5.74) is -0.0409. The smallest absolute Gasteiger partial charge is 0.308 e. The highest BCUT2D eigenvalue weighted by molar-refractivity contribution is 6.29. The zero-order valence-corrected chi connectivity index (χ0v) is 15.1. The second-order valence-corrected chi connectivity index (χ2v) is 7.14. The third-order valence-electron chi connectivity index (χ3n) is 4.95. The predicted octanol–water partition coefficient (Wildman–Crippen LogP) is 2.75. The molecule has 2 rings (SSSR count). The van der Waals surface area contributed by atoms with Crippen molar-refractivity contribution < 1.29 is 14.3 Å². The summed E-state index contributed by atoms with van der Waals surface area (Å²) in [7, 11) is 1.41. The fourth-order valence-electron chi connectivity index (χ4n) is 3.27. The maximum atomic E-state index is 12.7. The zero-order valence-electron chi connectivity index (χ0n) is 14.3. The maximum Gasteiger partial charge on any atom is 0.308 e. The monoisotopic (exact) mass is 353 g/mol. The van der Waals surface area contributed by atoms with E-state index in [2.05, 4.69) is 15.3 Å². The molecule has 0 aromatic carbocycles. The second kappa shape index (κ2) is 7.92. The highest BCUT2D eigenvalue weighted by Gasteiger charge is 2.41. The number of methoxy groups -OCH3 is 1. The van der Waals surface area contributed by atoms with Gasteiger partial charge in [-0.1, -0.05) is 31.9 Å². The van der Waals surface area contributed by atoms with Gasteiger partial charge in [0.1, 0.15) is 0 Å². The Morgan fingerprint density at radius 2 is 2.04 bits per heavy atom. The molecule has 132 valence electrons. The van der Waals surface area contributed by atoms with Crippen LogP contribution in [0.4, 0.5) is 0 Å². The van der Waals surface area contributed by atoms with E-state index in [-0.39, 0.29) is 30.3 Å². The van der Waals surface area contributed by atoms with E-state index in [9.17, 15) is 9.59 Å². The Bertz CT molecular complexity index is 606. The highest BCUT2D eigenvalue weighted by atomic mass is 35.5. The number of nitrogens with one attached hydrogen (secondary N) is 1. The van der Waals surface area contributed by atoms with Crippen LogP contribution in [0.2, 0.25) is 5.15 Å². The number of halogens is 1. The normalized spacial score (nSPS) is 21.2. The molecule has 6 nitrogen and oxygen atoms in total. The van der Waals surface area contributed by atoms with Crippen LogP contribution in [-0.4, -0.2) is 29.0 Å². The van der Waals surface area contributed by atoms with Crippen molar-refractivity contribution in [2.75, 3.05) is 7.11 Å². The Labute approximate surface area is 147 Å². The lowest BCUT2D eigenvalue weighted by atomic mass is 9.67. The molecule has 1 amide bonds. The Hall–Kier alpha value is -1.69. The summed E-state index contributed by atoms with van der Waals surface area (Å²) in [4.78, 5) is 32.5. The maximum absolute atomic E-state index is 12.7. The number of nitrogens with zero attached hydrogens (tertiary/aromatic N) is 2. The Morgan fingerprint density at radius 1 is 1.33 bits per heavy atom. The molecule has 24 heavy (non-hydrogen) atoms. The molecule has 1 saturated carbocycles. The minimum atomic E-state index is -0.582. The zero-order chi connectivity index (χ0) is 17.7. The van der Waals surface area contributed by atoms with Crippen molar-refractivity contribution >= 4 is 23.5 Å². The van der Waals surface area contributed by atoms with Gasteiger partial charge in [0.25, 0.3) is 0 Å². The molecular formula is C17H24ClN3O3. The number of ether oxygens (including phenoxy) is 1. The van der Waals surface area contributed by atoms with Crippen LogP contribution < -0.4 is 5.32 Å². The minimum Gasteiger partial charge on any atom is -0.469 e. The first-order valence-electron chi connectivity index (χ1n) is 8.17. The van der Waals surface area contributed by atoms with E-state index in [1.54, 1.807) is 6.20 Å². The lowest BCUT2D eigenvalue weighted by molar-refractivity contribution is -0.149. The summed E-state index contributed by atoms with van der Waals surface area (Å²) in [6.45, 7) is 4.08. The molecule has 1 aliphatic rings. The van der Waals surface area contributed by atoms with Crippen molar-refractivity contribution in [3.8, 4) is 0 Å². The molecule has 1 heterocycles. The summed E-state index contributed by atoms with van der Waals surface area (Å²) in [5, 5.41) is 3.18. The van der Waals surface area contributed by atoms with Gasteiger partial charge in [0.15, 0.2) is 5.15 Å². The van der Waals surface area contributed by atoms with E-state index in [0.717, 1.165) is 19.3 Å². The van der Waals surface area contributed by atoms with Crippen molar-refractivity contribution in [3.63, 3.8) is 0 Å². The van der Waals surface area contributed by atoms with Gasteiger partial charge in [0.05, 0.1) is 25.3 Å². The van der Waals surface area contributed by atoms with Crippen molar-refractivity contribution in [3.05, 3.63) is 23.2 Å². The molecule has 1 fully saturated rings. The standard InChI is InChI=1S/C17H24ClN3O3/c1-17(2,12-6-4-5-11(9-12)15(22)24-3)16(23)21-10-13-14(18)20-8-7-19-13/h7-8,11-12H,4-6,9-10H2,1-3H3,(H,21,23). The lowest BCUT2D eigenvalue weighted by Gasteiger charge is -2.38. The van der Waals surface area contributed by atoms with Crippen molar-refractivity contribution in [1.29, 1.82) is 0 Å². The molecule has 1 aliphatic carbocycles. The predicted molar refractivity (Wildman–Crippen MR) is 90.1 cm³/mol. The molecule has 2 atom stereocenters. The van der Waals surface area contributed by atoms with Gasteiger partial charge in [-0.2, -0.15) is 0 Å². The van der Waals surface area contributed by atoms with Gasteiger partial charge in [0, 0.05) is 17.8 Å². The van der Waals surface area contributed by atoms with Crippen LogP contribution >= 0.6 is 11.6 Å². The minimum absolute atomic E-state index is 0.0697. The van der Waals surface area contributed by atoms with Crippen LogP contribution in [0.15, 0.2) is 12.4 Å². The van der Waals surface area contributed by atoms with Crippen molar-refractivity contribution in [1.82, 2.24) is 15.3 Å². The number of rotatable bonds is 5. The first-order chi connectivity index (χ1) is 11.4. The molecule has 0 bridgehead atoms. The van der Waals surface area contributed by atoms with E-state index >= 15 is 0 Å². The fraction of sp³-hybridized carbons (Fsp3) is 0.647. The average molecular weight is 354 g/mol. The van der Waals surface area contributed by atoms with Crippen molar-refractivity contribution in [2.45, 2.75) is 46.1 Å². The number of esters is 1. The van der Waals surface area contributed by atoms with Gasteiger partial charge in [-0.3, -0.25) is 14.6 Å². The molecule has 0 saturated heterocycles. The lowest BCUT2D eigenvalue weighted by Crippen LogP contribution is -2.44. The number of hydrogen-bond donors (Lipinski definition) is 1. The Kier molecular flexibility index (Phi) is 6.15. The number of aromatic nitrogens is 2. The Balaban J connectivity index is 1.99. The molecule has 2 unspecified atom stereocenters. The van der Waals surface area contributed by atoms with Gasteiger partial charge in [-0.05, 0) is 25.2 Å². The van der Waals surface area contributed by atoms with Gasteiger partial charge in [-0.15, -0.1) is 0 Å². The first-order valence-corrected chi connectivity index (χ1v) is 8.55. The largest absolute Gasteiger partial charge is 0.469 e. The molecule has 1 N–H and O–H groups in total. The van der Waals surface area contributed by atoms with Crippen molar-refractivity contribution in [2.24, 2.45) is 17.3 Å². The van der Waals surface area contributed by atoms with Gasteiger partial charge in [-0.25, -0.2) is 4.98 Å². The average Bonchev–Trinajstić information content (AvgIpc) is 2.60. The Morgan fingerprint density at radius 3 is 2.71 bits per heavy atom. The second-order valence-electron chi connectivity index (χ2n) is 6.78. The van der Waals surface area contributed by atoms with Gasteiger partial charge >= 0.3 is 5.97 Å². The number of hydrogen-bond acceptors (Lipinski definition) is 5. The molecule has 7 heteroatoms. The topological polar surface area (TPSA) is 81.2 Å². The van der Waals surface area contributed by atoms with E-state index in [0.29, 0.717) is 17.3 Å². The molecule has 0 spiro atoms. The molecular weight excluding hydrogens is 330 g/mol. The number of carbonyl (C=O) groups is 2. The molecule has 0 radical (unpaired) electrons. The summed E-state index contributed by atoms with van der Waals surface area (Å²) >= 11 is 5.96. The molecule has 0 aliphatic heterocycles. The highest BCUT2D eigenvalue weighted by Crippen LogP contribution is 2.41. The number of amides is 1. The van der Waals surface area contributed by atoms with E-state index in [1.165, 1.54) is 13.3 Å². The third-order valence-corrected chi connectivity index (χ3v) is 5.27. The third kappa shape index (κ3) is 4.23. The van der Waals surface area contributed by atoms with E-state index in [4.69, 9.17) is 16.3 Å². The van der Waals surface area contributed by atoms with Crippen LogP contribution in [0.3, 0.4) is 0 Å². The van der Waals surface area contributed by atoms with Crippen LogP contribution in [0.25, 0.3) is 0 Å². The summed E-state index contributed by atoms with van der Waals surface area (Å²) in [5.74, 6) is -0.232. The van der Waals surface area contributed by atoms with Crippen LogP contribution in [0.5, 0.6) is 0 Å². The van der Waals surface area contributed by atoms with Crippen LogP contribution in [0, 0.1) is 17.3 Å². The fourth-order valence-corrected chi connectivity index (χ4v) is 3.44. The van der Waals surface area contributed by atoms with E-state index in [1.807, 2.05) is 13.8 Å². The summed E-state index contributed by atoms with van der Waals surface area (Å²) in [6, 6.07) is 0.